The van der Waals surface area contributed by atoms with E-state index < -0.39 is 65.7 Å². The highest BCUT2D eigenvalue weighted by molar-refractivity contribution is 6.38. The van der Waals surface area contributed by atoms with Crippen molar-refractivity contribution < 1.29 is 37.5 Å². The number of fused-ring (bicyclic) bond motifs is 3. The van der Waals surface area contributed by atoms with E-state index in [9.17, 15) is 32.8 Å². The van der Waals surface area contributed by atoms with E-state index in [-0.39, 0.29) is 61.9 Å². The number of hydrogen-bond acceptors (Lipinski definition) is 6. The van der Waals surface area contributed by atoms with Gasteiger partial charge in [0.1, 0.15) is 17.7 Å². The average molecular weight is 597 g/mol. The minimum absolute atomic E-state index is 0.00502. The third-order valence-corrected chi connectivity index (χ3v) is 9.09. The topological polar surface area (TPSA) is 134 Å². The SMILES string of the molecule is CC(C)(C)OC(=O)N[C@H]1CCCC(F)(F)CCCCC[C@@H](C(=O)C(=O)NC2CC2)NC(=O)[C@@H]2[C@@H]3[C@H](CN2C1=O)C3(C)C. The van der Waals surface area contributed by atoms with Gasteiger partial charge in [-0.05, 0) is 76.5 Å². The summed E-state index contributed by atoms with van der Waals surface area (Å²) in [4.78, 5) is 67.5. The second-order valence-corrected chi connectivity index (χ2v) is 14.1. The molecule has 5 atom stereocenters. The summed E-state index contributed by atoms with van der Waals surface area (Å²) in [6.07, 6.45) is 1.03. The smallest absolute Gasteiger partial charge is 0.408 e. The van der Waals surface area contributed by atoms with Crippen molar-refractivity contribution in [2.45, 2.75) is 135 Å². The highest BCUT2D eigenvalue weighted by Gasteiger charge is 2.69. The first-order valence-corrected chi connectivity index (χ1v) is 15.3. The first-order chi connectivity index (χ1) is 19.5. The lowest BCUT2D eigenvalue weighted by Gasteiger charge is -2.34. The van der Waals surface area contributed by atoms with Gasteiger partial charge in [0.05, 0.1) is 6.04 Å². The van der Waals surface area contributed by atoms with Gasteiger partial charge in [-0.2, -0.15) is 0 Å². The first-order valence-electron chi connectivity index (χ1n) is 15.3. The van der Waals surface area contributed by atoms with Gasteiger partial charge in [-0.15, -0.1) is 0 Å². The van der Waals surface area contributed by atoms with E-state index >= 15 is 0 Å². The molecule has 2 saturated carbocycles. The third-order valence-electron chi connectivity index (χ3n) is 9.09. The van der Waals surface area contributed by atoms with Crippen LogP contribution in [-0.2, 0) is 23.9 Å². The zero-order chi connectivity index (χ0) is 31.0. The minimum Gasteiger partial charge on any atom is -0.444 e. The molecule has 0 unspecified atom stereocenters. The van der Waals surface area contributed by atoms with Crippen molar-refractivity contribution in [3.05, 3.63) is 0 Å². The van der Waals surface area contributed by atoms with E-state index in [4.69, 9.17) is 4.74 Å². The van der Waals surface area contributed by atoms with E-state index in [0.29, 0.717) is 12.8 Å². The maximum atomic E-state index is 14.7. The van der Waals surface area contributed by atoms with Crippen LogP contribution in [0.2, 0.25) is 0 Å². The average Bonchev–Trinajstić information content (AvgIpc) is 3.71. The first kappa shape index (κ1) is 32.1. The molecule has 2 heterocycles. The zero-order valence-corrected chi connectivity index (χ0v) is 25.4. The molecule has 0 aromatic carbocycles. The van der Waals surface area contributed by atoms with Crippen molar-refractivity contribution in [1.82, 2.24) is 20.9 Å². The quantitative estimate of drug-likeness (QED) is 0.426. The lowest BCUT2D eigenvalue weighted by Crippen LogP contribution is -2.58. The minimum atomic E-state index is -2.95. The normalized spacial score (nSPS) is 31.7. The van der Waals surface area contributed by atoms with Crippen LogP contribution in [0.5, 0.6) is 0 Å². The largest absolute Gasteiger partial charge is 0.444 e. The number of ether oxygens (including phenoxy) is 1. The van der Waals surface area contributed by atoms with Crippen LogP contribution in [0.25, 0.3) is 0 Å². The summed E-state index contributed by atoms with van der Waals surface area (Å²) in [7, 11) is 0. The second-order valence-electron chi connectivity index (χ2n) is 14.1. The number of ketones is 1. The molecule has 236 valence electrons. The van der Waals surface area contributed by atoms with Crippen LogP contribution < -0.4 is 16.0 Å². The van der Waals surface area contributed by atoms with Gasteiger partial charge in [-0.25, -0.2) is 13.6 Å². The van der Waals surface area contributed by atoms with Gasteiger partial charge in [0.2, 0.25) is 23.5 Å². The van der Waals surface area contributed by atoms with E-state index in [1.165, 1.54) is 4.90 Å². The van der Waals surface area contributed by atoms with Gasteiger partial charge in [0.15, 0.2) is 0 Å². The molecule has 12 heteroatoms. The summed E-state index contributed by atoms with van der Waals surface area (Å²) >= 11 is 0. The molecule has 2 saturated heterocycles. The molecule has 0 spiro atoms. The van der Waals surface area contributed by atoms with E-state index in [0.717, 1.165) is 12.8 Å². The Hall–Kier alpha value is -2.79. The number of piperidine rings is 1. The molecule has 2 aliphatic heterocycles. The van der Waals surface area contributed by atoms with Crippen molar-refractivity contribution >= 4 is 29.6 Å². The number of carbonyl (C=O) groups is 5. The molecule has 4 amide bonds. The van der Waals surface area contributed by atoms with Crippen molar-refractivity contribution in [2.24, 2.45) is 17.3 Å². The molecule has 10 nitrogen and oxygen atoms in total. The van der Waals surface area contributed by atoms with Crippen molar-refractivity contribution in [3.63, 3.8) is 0 Å². The maximum Gasteiger partial charge on any atom is 0.408 e. The van der Waals surface area contributed by atoms with Crippen LogP contribution in [0.1, 0.15) is 98.8 Å². The number of nitrogens with one attached hydrogen (secondary N) is 3. The number of rotatable bonds is 4. The van der Waals surface area contributed by atoms with E-state index in [1.807, 2.05) is 13.8 Å². The molecule has 0 radical (unpaired) electrons. The molecule has 0 aromatic heterocycles. The van der Waals surface area contributed by atoms with Crippen LogP contribution in [-0.4, -0.2) is 76.7 Å². The molecule has 4 rings (SSSR count). The van der Waals surface area contributed by atoms with Gasteiger partial charge < -0.3 is 25.6 Å². The number of hydrogen-bond donors (Lipinski definition) is 3. The number of halogens is 2. The highest BCUT2D eigenvalue weighted by atomic mass is 19.3. The van der Waals surface area contributed by atoms with Gasteiger partial charge >= 0.3 is 6.09 Å². The number of alkyl halides is 2. The van der Waals surface area contributed by atoms with Crippen molar-refractivity contribution in [1.29, 1.82) is 0 Å². The molecular formula is C30H46F2N4O6. The molecule has 2 aliphatic carbocycles. The molecule has 0 aromatic rings. The Balaban J connectivity index is 1.59. The summed E-state index contributed by atoms with van der Waals surface area (Å²) in [5, 5.41) is 7.99. The lowest BCUT2D eigenvalue weighted by molar-refractivity contribution is -0.144. The number of alkyl carbamates (subject to hydrolysis) is 1. The Bertz CT molecular complexity index is 1090. The Morgan fingerprint density at radius 3 is 2.26 bits per heavy atom. The molecule has 42 heavy (non-hydrogen) atoms. The summed E-state index contributed by atoms with van der Waals surface area (Å²) in [5.74, 6) is -5.71. The Kier molecular flexibility index (Phi) is 9.23. The van der Waals surface area contributed by atoms with Crippen LogP contribution in [0, 0.1) is 17.3 Å². The zero-order valence-electron chi connectivity index (χ0n) is 25.4. The molecule has 0 bridgehead atoms. The predicted molar refractivity (Wildman–Crippen MR) is 149 cm³/mol. The number of nitrogens with zero attached hydrogens (tertiary/aromatic N) is 1. The van der Waals surface area contributed by atoms with Gasteiger partial charge in [0, 0.05) is 25.4 Å². The van der Waals surface area contributed by atoms with E-state index in [1.54, 1.807) is 20.8 Å². The summed E-state index contributed by atoms with van der Waals surface area (Å²) in [6, 6.07) is -3.26. The van der Waals surface area contributed by atoms with Gasteiger partial charge in [-0.1, -0.05) is 26.7 Å². The number of Topliss-reactive ketones (excluding diaryl/α,β-unsaturated/α-hetero) is 1. The highest BCUT2D eigenvalue weighted by Crippen LogP contribution is 2.65. The molecular weight excluding hydrogens is 550 g/mol. The molecule has 3 N–H and O–H groups in total. The molecule has 4 fully saturated rings. The van der Waals surface area contributed by atoms with Crippen LogP contribution in [0.4, 0.5) is 13.6 Å². The Labute approximate surface area is 246 Å². The molecule has 4 aliphatic rings. The number of amides is 4. The Morgan fingerprint density at radius 2 is 1.62 bits per heavy atom. The van der Waals surface area contributed by atoms with Crippen molar-refractivity contribution in [3.8, 4) is 0 Å². The van der Waals surface area contributed by atoms with E-state index in [2.05, 4.69) is 16.0 Å². The lowest BCUT2D eigenvalue weighted by atomic mass is 9.96. The fourth-order valence-corrected chi connectivity index (χ4v) is 6.49. The van der Waals surface area contributed by atoms with Gasteiger partial charge in [0.25, 0.3) is 5.91 Å². The fraction of sp³-hybridized carbons (Fsp3) is 0.833. The van der Waals surface area contributed by atoms with Crippen LogP contribution in [0.3, 0.4) is 0 Å². The summed E-state index contributed by atoms with van der Waals surface area (Å²) in [5.41, 5.74) is -1.06. The third kappa shape index (κ3) is 7.78. The monoisotopic (exact) mass is 596 g/mol. The van der Waals surface area contributed by atoms with Gasteiger partial charge in [-0.3, -0.25) is 19.2 Å². The predicted octanol–water partition coefficient (Wildman–Crippen LogP) is 3.46. The Morgan fingerprint density at radius 1 is 0.952 bits per heavy atom. The van der Waals surface area contributed by atoms with Crippen LogP contribution in [0.15, 0.2) is 0 Å². The number of carbonyl (C=O) groups excluding carboxylic acids is 5. The summed E-state index contributed by atoms with van der Waals surface area (Å²) < 4.78 is 34.7. The maximum absolute atomic E-state index is 14.7. The fourth-order valence-electron chi connectivity index (χ4n) is 6.49. The van der Waals surface area contributed by atoms with Crippen LogP contribution >= 0.6 is 0 Å². The van der Waals surface area contributed by atoms with Crippen molar-refractivity contribution in [2.75, 3.05) is 6.54 Å². The second kappa shape index (κ2) is 12.1. The standard InChI is InChI=1S/C30H46F2N4O6/c1-28(2,3)42-27(41)35-20-11-9-15-30(31,32)14-8-6-7-10-19(23(37)25(39)33-17-12-13-17)34-24(38)22-21-18(29(21,4)5)16-36(22)26(20)40/h17-22H,6-16H2,1-5H3,(H,33,39)(H,34,38)(H,35,41)/t18-,19-,20-,21-,22-/m0/s1. The summed E-state index contributed by atoms with van der Waals surface area (Å²) in [6.45, 7) is 9.31.